The Kier molecular flexibility index (Phi) is 6.22. The molecule has 0 aliphatic rings. The van der Waals surface area contributed by atoms with E-state index in [2.05, 4.69) is 15.9 Å². The molecule has 0 unspecified atom stereocenters. The number of likely N-dealkylation sites (N-methyl/N-ethyl adjacent to an activating group) is 1. The van der Waals surface area contributed by atoms with Crippen LogP contribution < -0.4 is 0 Å². The number of sulfonamides is 1. The molecular formula is C10H16BrNO4S2. The van der Waals surface area contributed by atoms with Gasteiger partial charge in [0.25, 0.3) is 0 Å². The summed E-state index contributed by atoms with van der Waals surface area (Å²) in [6.07, 6.45) is 0. The van der Waals surface area contributed by atoms with Gasteiger partial charge in [0.15, 0.2) is 0 Å². The van der Waals surface area contributed by atoms with Gasteiger partial charge in [-0.15, -0.1) is 11.3 Å². The fourth-order valence-electron chi connectivity index (χ4n) is 1.43. The molecule has 104 valence electrons. The van der Waals surface area contributed by atoms with Crippen molar-refractivity contribution in [1.82, 2.24) is 4.31 Å². The van der Waals surface area contributed by atoms with Crippen molar-refractivity contribution in [3.8, 4) is 0 Å². The van der Waals surface area contributed by atoms with Gasteiger partial charge in [-0.05, 0) is 22.0 Å². The van der Waals surface area contributed by atoms with Gasteiger partial charge in [0.2, 0.25) is 10.0 Å². The van der Waals surface area contributed by atoms with Gasteiger partial charge in [-0.25, -0.2) is 8.42 Å². The van der Waals surface area contributed by atoms with Crippen LogP contribution in [-0.4, -0.2) is 44.6 Å². The standard InChI is InChI=1S/C10H16BrNO4S2/c1-3-12(4-5-16-2)18(14,15)9-6-8(7-13)17-10(9)11/h6,13H,3-5,7H2,1-2H3. The lowest BCUT2D eigenvalue weighted by molar-refractivity contribution is 0.180. The third-order valence-electron chi connectivity index (χ3n) is 2.38. The van der Waals surface area contributed by atoms with Crippen LogP contribution in [0.5, 0.6) is 0 Å². The molecule has 0 bridgehead atoms. The Bertz CT molecular complexity index is 486. The van der Waals surface area contributed by atoms with Gasteiger partial charge in [-0.2, -0.15) is 4.31 Å². The predicted molar refractivity (Wildman–Crippen MR) is 74.3 cm³/mol. The van der Waals surface area contributed by atoms with Crippen LogP contribution in [0.25, 0.3) is 0 Å². The highest BCUT2D eigenvalue weighted by Gasteiger charge is 2.27. The van der Waals surface area contributed by atoms with E-state index in [4.69, 9.17) is 9.84 Å². The predicted octanol–water partition coefficient (Wildman–Crippen LogP) is 1.66. The summed E-state index contributed by atoms with van der Waals surface area (Å²) >= 11 is 4.45. The number of hydrogen-bond acceptors (Lipinski definition) is 5. The van der Waals surface area contributed by atoms with Crippen molar-refractivity contribution in [2.75, 3.05) is 26.8 Å². The van der Waals surface area contributed by atoms with E-state index in [9.17, 15) is 8.42 Å². The third-order valence-corrected chi connectivity index (χ3v) is 6.59. The van der Waals surface area contributed by atoms with Gasteiger partial charge in [-0.1, -0.05) is 6.92 Å². The van der Waals surface area contributed by atoms with Gasteiger partial charge >= 0.3 is 0 Å². The Morgan fingerprint density at radius 3 is 2.67 bits per heavy atom. The van der Waals surface area contributed by atoms with Crippen LogP contribution in [0.4, 0.5) is 0 Å². The molecule has 0 amide bonds. The molecule has 0 saturated carbocycles. The van der Waals surface area contributed by atoms with Crippen molar-refractivity contribution in [2.45, 2.75) is 18.4 Å². The van der Waals surface area contributed by atoms with E-state index in [1.807, 2.05) is 0 Å². The fourth-order valence-corrected chi connectivity index (χ4v) is 5.36. The lowest BCUT2D eigenvalue weighted by atomic mass is 10.5. The maximum atomic E-state index is 12.4. The number of rotatable bonds is 7. The SMILES string of the molecule is CCN(CCOC)S(=O)(=O)c1cc(CO)sc1Br. The summed E-state index contributed by atoms with van der Waals surface area (Å²) in [7, 11) is -2.00. The quantitative estimate of drug-likeness (QED) is 0.805. The Balaban J connectivity index is 3.06. The summed E-state index contributed by atoms with van der Waals surface area (Å²) in [4.78, 5) is 0.817. The molecule has 1 aromatic rings. The summed E-state index contributed by atoms with van der Waals surface area (Å²) in [6.45, 7) is 2.65. The van der Waals surface area contributed by atoms with Crippen LogP contribution in [0.3, 0.4) is 0 Å². The molecule has 0 aliphatic heterocycles. The molecule has 0 aliphatic carbocycles. The summed E-state index contributed by atoms with van der Waals surface area (Å²) in [5.41, 5.74) is 0. The van der Waals surface area contributed by atoms with Gasteiger partial charge in [0, 0.05) is 25.1 Å². The lowest BCUT2D eigenvalue weighted by Crippen LogP contribution is -2.33. The van der Waals surface area contributed by atoms with Crippen molar-refractivity contribution >= 4 is 37.3 Å². The van der Waals surface area contributed by atoms with Crippen molar-refractivity contribution in [2.24, 2.45) is 0 Å². The molecule has 0 aromatic carbocycles. The van der Waals surface area contributed by atoms with Crippen LogP contribution in [0.15, 0.2) is 14.7 Å². The van der Waals surface area contributed by atoms with E-state index in [0.717, 1.165) is 0 Å². The monoisotopic (exact) mass is 357 g/mol. The van der Waals surface area contributed by atoms with E-state index < -0.39 is 10.0 Å². The zero-order valence-electron chi connectivity index (χ0n) is 10.2. The minimum atomic E-state index is -3.54. The van der Waals surface area contributed by atoms with E-state index in [-0.39, 0.29) is 11.5 Å². The normalized spacial score (nSPS) is 12.3. The lowest BCUT2D eigenvalue weighted by Gasteiger charge is -2.19. The number of halogens is 1. The van der Waals surface area contributed by atoms with Crippen LogP contribution in [0.1, 0.15) is 11.8 Å². The molecule has 1 aromatic heterocycles. The second kappa shape index (κ2) is 6.97. The number of ether oxygens (including phenoxy) is 1. The van der Waals surface area contributed by atoms with Crippen LogP contribution >= 0.6 is 27.3 Å². The summed E-state index contributed by atoms with van der Waals surface area (Å²) in [6, 6.07) is 1.50. The number of methoxy groups -OCH3 is 1. The van der Waals surface area contributed by atoms with Crippen molar-refractivity contribution in [3.05, 3.63) is 14.7 Å². The molecular weight excluding hydrogens is 342 g/mol. The average Bonchev–Trinajstić information content (AvgIpc) is 2.72. The molecule has 0 spiro atoms. The second-order valence-corrected chi connectivity index (χ2v) is 7.86. The maximum Gasteiger partial charge on any atom is 0.245 e. The highest BCUT2D eigenvalue weighted by molar-refractivity contribution is 9.11. The highest BCUT2D eigenvalue weighted by atomic mass is 79.9. The van der Waals surface area contributed by atoms with Gasteiger partial charge in [0.05, 0.1) is 17.0 Å². The molecule has 5 nitrogen and oxygen atoms in total. The smallest absolute Gasteiger partial charge is 0.245 e. The molecule has 0 fully saturated rings. The molecule has 1 rings (SSSR count). The number of aliphatic hydroxyl groups excluding tert-OH is 1. The molecule has 0 saturated heterocycles. The molecule has 0 radical (unpaired) electrons. The zero-order valence-corrected chi connectivity index (χ0v) is 13.4. The first-order valence-electron chi connectivity index (χ1n) is 5.35. The summed E-state index contributed by atoms with van der Waals surface area (Å²) in [5, 5.41) is 9.04. The summed E-state index contributed by atoms with van der Waals surface area (Å²) < 4.78 is 31.5. The molecule has 1 heterocycles. The highest BCUT2D eigenvalue weighted by Crippen LogP contribution is 2.33. The van der Waals surface area contributed by atoms with E-state index in [1.165, 1.54) is 28.8 Å². The largest absolute Gasteiger partial charge is 0.391 e. The van der Waals surface area contributed by atoms with Gasteiger partial charge < -0.3 is 9.84 Å². The van der Waals surface area contributed by atoms with E-state index >= 15 is 0 Å². The van der Waals surface area contributed by atoms with Gasteiger partial charge in [-0.3, -0.25) is 0 Å². The minimum absolute atomic E-state index is 0.164. The van der Waals surface area contributed by atoms with Crippen LogP contribution in [0, 0.1) is 0 Å². The minimum Gasteiger partial charge on any atom is -0.391 e. The summed E-state index contributed by atoms with van der Waals surface area (Å²) in [5.74, 6) is 0. The number of thiophene rings is 1. The first kappa shape index (κ1) is 16.1. The second-order valence-electron chi connectivity index (χ2n) is 3.50. The Morgan fingerprint density at radius 1 is 1.56 bits per heavy atom. The van der Waals surface area contributed by atoms with Crippen molar-refractivity contribution in [3.63, 3.8) is 0 Å². The Hall–Kier alpha value is 0.01000. The van der Waals surface area contributed by atoms with Crippen molar-refractivity contribution in [1.29, 1.82) is 0 Å². The zero-order chi connectivity index (χ0) is 13.8. The molecule has 1 N–H and O–H groups in total. The van der Waals surface area contributed by atoms with Gasteiger partial charge in [0.1, 0.15) is 4.90 Å². The Labute approximate surface area is 120 Å². The Morgan fingerprint density at radius 2 is 2.22 bits per heavy atom. The molecule has 18 heavy (non-hydrogen) atoms. The topological polar surface area (TPSA) is 66.8 Å². The first-order valence-corrected chi connectivity index (χ1v) is 8.40. The first-order chi connectivity index (χ1) is 8.47. The molecule has 8 heteroatoms. The maximum absolute atomic E-state index is 12.4. The van der Waals surface area contributed by atoms with Crippen molar-refractivity contribution < 1.29 is 18.3 Å². The van der Waals surface area contributed by atoms with Crippen LogP contribution in [0.2, 0.25) is 0 Å². The van der Waals surface area contributed by atoms with E-state index in [1.54, 1.807) is 6.92 Å². The van der Waals surface area contributed by atoms with Crippen LogP contribution in [-0.2, 0) is 21.4 Å². The number of hydrogen-bond donors (Lipinski definition) is 1. The third kappa shape index (κ3) is 3.52. The fraction of sp³-hybridized carbons (Fsp3) is 0.600. The van der Waals surface area contributed by atoms with E-state index in [0.29, 0.717) is 28.4 Å². The average molecular weight is 358 g/mol. The number of nitrogens with zero attached hydrogens (tertiary/aromatic N) is 1. The molecule has 0 atom stereocenters. The number of aliphatic hydroxyl groups is 1.